The molecule has 0 aromatic heterocycles. The second-order valence-electron chi connectivity index (χ2n) is 8.41. The van der Waals surface area contributed by atoms with Gasteiger partial charge < -0.3 is 21.2 Å². The Morgan fingerprint density at radius 1 is 1.22 bits per heavy atom. The largest absolute Gasteiger partial charge is 0.401 e. The fourth-order valence-corrected chi connectivity index (χ4v) is 4.16. The molecule has 2 aliphatic rings. The van der Waals surface area contributed by atoms with Crippen molar-refractivity contribution >= 4 is 23.8 Å². The summed E-state index contributed by atoms with van der Waals surface area (Å²) in [6.07, 6.45) is 9.04. The number of anilines is 1. The summed E-state index contributed by atoms with van der Waals surface area (Å²) in [5, 5.41) is 3.98. The van der Waals surface area contributed by atoms with Gasteiger partial charge >= 0.3 is 0 Å². The average molecular weight is 440 g/mol. The molecule has 0 radical (unpaired) electrons. The highest BCUT2D eigenvalue weighted by atomic mass is 16.5. The topological polar surface area (TPSA) is 105 Å². The molecule has 3 rings (SSSR count). The van der Waals surface area contributed by atoms with E-state index in [2.05, 4.69) is 50.0 Å². The van der Waals surface area contributed by atoms with E-state index in [1.54, 1.807) is 19.5 Å². The number of hydrogen-bond acceptors (Lipinski definition) is 8. The monoisotopic (exact) mass is 439 g/mol. The van der Waals surface area contributed by atoms with Crippen molar-refractivity contribution in [2.24, 2.45) is 26.7 Å². The normalized spacial score (nSPS) is 21.7. The first kappa shape index (κ1) is 23.9. The lowest BCUT2D eigenvalue weighted by Gasteiger charge is -2.36. The van der Waals surface area contributed by atoms with E-state index in [1.807, 2.05) is 6.08 Å². The third kappa shape index (κ3) is 6.90. The third-order valence-corrected chi connectivity index (χ3v) is 6.00. The maximum absolute atomic E-state index is 6.07. The third-order valence-electron chi connectivity index (χ3n) is 6.00. The molecule has 4 N–H and O–H groups in total. The second-order valence-corrected chi connectivity index (χ2v) is 8.41. The molecule has 1 atom stereocenters. The van der Waals surface area contributed by atoms with Crippen molar-refractivity contribution in [1.82, 2.24) is 4.90 Å². The maximum atomic E-state index is 6.07. The molecule has 2 aliphatic heterocycles. The molecule has 2 saturated heterocycles. The highest BCUT2D eigenvalue weighted by Crippen LogP contribution is 2.21. The van der Waals surface area contributed by atoms with Crippen molar-refractivity contribution in [3.05, 3.63) is 41.1 Å². The standard InChI is InChI=1S/C24H37N7O/c1-19-15-21(31-12-10-30(11-13-31)18-20(25)8-9-27-2)6-7-23(19)24(29-26)17-28-16-22-5-3-4-14-32-22/h6-9,15,17,22H,3-5,10-14,16,18,25-26H2,1-2H3/b20-8-,27-9?,28-17?,29-24+. The molecule has 1 aromatic rings. The van der Waals surface area contributed by atoms with E-state index in [4.69, 9.17) is 16.3 Å². The van der Waals surface area contributed by atoms with Crippen LogP contribution in [0.3, 0.4) is 0 Å². The molecular weight excluding hydrogens is 402 g/mol. The predicted molar refractivity (Wildman–Crippen MR) is 134 cm³/mol. The summed E-state index contributed by atoms with van der Waals surface area (Å²) in [6, 6.07) is 6.45. The van der Waals surface area contributed by atoms with Crippen molar-refractivity contribution in [3.63, 3.8) is 0 Å². The predicted octanol–water partition coefficient (Wildman–Crippen LogP) is 1.96. The Morgan fingerprint density at radius 3 is 2.69 bits per heavy atom. The minimum Gasteiger partial charge on any atom is -0.401 e. The zero-order chi connectivity index (χ0) is 22.8. The summed E-state index contributed by atoms with van der Waals surface area (Å²) in [6.45, 7) is 8.26. The number of nitrogens with two attached hydrogens (primary N) is 2. The van der Waals surface area contributed by atoms with Gasteiger partial charge in [0.1, 0.15) is 5.71 Å². The summed E-state index contributed by atoms with van der Waals surface area (Å²) in [5.41, 5.74) is 11.0. The minimum absolute atomic E-state index is 0.215. The molecule has 174 valence electrons. The van der Waals surface area contributed by atoms with Crippen LogP contribution in [0.15, 0.2) is 45.1 Å². The molecule has 0 amide bonds. The quantitative estimate of drug-likeness (QED) is 0.366. The summed E-state index contributed by atoms with van der Waals surface area (Å²) in [7, 11) is 1.75. The van der Waals surface area contributed by atoms with Gasteiger partial charge in [-0.1, -0.05) is 6.07 Å². The summed E-state index contributed by atoms with van der Waals surface area (Å²) >= 11 is 0. The summed E-state index contributed by atoms with van der Waals surface area (Å²) in [4.78, 5) is 13.3. The van der Waals surface area contributed by atoms with Crippen LogP contribution in [0.2, 0.25) is 0 Å². The van der Waals surface area contributed by atoms with E-state index in [1.165, 1.54) is 12.1 Å². The van der Waals surface area contributed by atoms with Crippen LogP contribution in [-0.4, -0.2) is 82.1 Å². The highest BCUT2D eigenvalue weighted by molar-refractivity contribution is 6.38. The van der Waals surface area contributed by atoms with Gasteiger partial charge in [-0.05, 0) is 50.0 Å². The van der Waals surface area contributed by atoms with Gasteiger partial charge in [-0.3, -0.25) is 14.9 Å². The Balaban J connectivity index is 1.56. The number of ether oxygens (including phenoxy) is 1. The maximum Gasteiger partial charge on any atom is 0.108 e. The lowest BCUT2D eigenvalue weighted by Crippen LogP contribution is -2.47. The van der Waals surface area contributed by atoms with Crippen LogP contribution < -0.4 is 16.5 Å². The van der Waals surface area contributed by atoms with Crippen LogP contribution >= 0.6 is 0 Å². The Hall–Kier alpha value is -2.71. The zero-order valence-corrected chi connectivity index (χ0v) is 19.4. The fraction of sp³-hybridized carbons (Fsp3) is 0.542. The number of aryl methyl sites for hydroxylation is 1. The molecule has 1 aromatic carbocycles. The molecule has 2 fully saturated rings. The van der Waals surface area contributed by atoms with Crippen molar-refractivity contribution < 1.29 is 4.74 Å². The number of hydrogen-bond donors (Lipinski definition) is 2. The van der Waals surface area contributed by atoms with Crippen LogP contribution in [0.5, 0.6) is 0 Å². The van der Waals surface area contributed by atoms with Gasteiger partial charge in [-0.25, -0.2) is 0 Å². The van der Waals surface area contributed by atoms with E-state index in [0.29, 0.717) is 12.3 Å². The fourth-order valence-electron chi connectivity index (χ4n) is 4.16. The number of piperazine rings is 1. The Bertz CT molecular complexity index is 848. The molecule has 0 spiro atoms. The van der Waals surface area contributed by atoms with Gasteiger partial charge in [0.05, 0.1) is 12.6 Å². The highest BCUT2D eigenvalue weighted by Gasteiger charge is 2.18. The molecule has 8 heteroatoms. The van der Waals surface area contributed by atoms with Crippen LogP contribution in [-0.2, 0) is 4.74 Å². The lowest BCUT2D eigenvalue weighted by molar-refractivity contribution is 0.0226. The van der Waals surface area contributed by atoms with E-state index < -0.39 is 0 Å². The number of allylic oxidation sites excluding steroid dienone is 1. The number of aliphatic imine (C=N–C) groups is 2. The number of benzene rings is 1. The lowest BCUT2D eigenvalue weighted by atomic mass is 10.0. The van der Waals surface area contributed by atoms with Gasteiger partial charge in [0, 0.05) is 75.8 Å². The molecule has 0 bridgehead atoms. The van der Waals surface area contributed by atoms with Gasteiger partial charge in [-0.2, -0.15) is 5.10 Å². The first-order valence-corrected chi connectivity index (χ1v) is 11.4. The molecule has 32 heavy (non-hydrogen) atoms. The van der Waals surface area contributed by atoms with Crippen LogP contribution in [0.4, 0.5) is 5.69 Å². The molecule has 1 unspecified atom stereocenters. The Morgan fingerprint density at radius 2 is 2.03 bits per heavy atom. The van der Waals surface area contributed by atoms with E-state index >= 15 is 0 Å². The number of nitrogens with zero attached hydrogens (tertiary/aromatic N) is 5. The minimum atomic E-state index is 0.215. The van der Waals surface area contributed by atoms with Crippen LogP contribution in [0.1, 0.15) is 30.4 Å². The number of rotatable bonds is 8. The molecular formula is C24H37N7O. The first-order chi connectivity index (χ1) is 15.6. The first-order valence-electron chi connectivity index (χ1n) is 11.4. The van der Waals surface area contributed by atoms with Crippen molar-refractivity contribution in [2.75, 3.05) is 57.8 Å². The number of hydrazone groups is 1. The molecule has 0 aliphatic carbocycles. The second kappa shape index (κ2) is 12.4. The summed E-state index contributed by atoms with van der Waals surface area (Å²) < 4.78 is 5.74. The van der Waals surface area contributed by atoms with E-state index in [0.717, 1.165) is 69.0 Å². The van der Waals surface area contributed by atoms with Crippen molar-refractivity contribution in [3.8, 4) is 0 Å². The van der Waals surface area contributed by atoms with E-state index in [9.17, 15) is 0 Å². The Kier molecular flexibility index (Phi) is 9.25. The van der Waals surface area contributed by atoms with Gasteiger partial charge in [0.15, 0.2) is 0 Å². The molecule has 8 nitrogen and oxygen atoms in total. The average Bonchev–Trinajstić information content (AvgIpc) is 2.82. The smallest absolute Gasteiger partial charge is 0.108 e. The van der Waals surface area contributed by atoms with Crippen molar-refractivity contribution in [1.29, 1.82) is 0 Å². The van der Waals surface area contributed by atoms with Crippen LogP contribution in [0.25, 0.3) is 0 Å². The molecule has 2 heterocycles. The van der Waals surface area contributed by atoms with Crippen molar-refractivity contribution in [2.45, 2.75) is 32.3 Å². The van der Waals surface area contributed by atoms with Gasteiger partial charge in [0.25, 0.3) is 0 Å². The SMILES string of the molecule is CN=C/C=C(\N)CN1CCN(c2ccc(/C(C=NCC3CCCCO3)=N/N)c(C)c2)CC1. The van der Waals surface area contributed by atoms with E-state index in [-0.39, 0.29) is 6.10 Å². The van der Waals surface area contributed by atoms with Gasteiger partial charge in [0.2, 0.25) is 0 Å². The zero-order valence-electron chi connectivity index (χ0n) is 19.4. The summed E-state index contributed by atoms with van der Waals surface area (Å²) in [5.74, 6) is 5.69. The van der Waals surface area contributed by atoms with Gasteiger partial charge in [-0.15, -0.1) is 0 Å². The van der Waals surface area contributed by atoms with Crippen LogP contribution in [0, 0.1) is 6.92 Å². The Labute approximate surface area is 191 Å². The molecule has 0 saturated carbocycles.